The lowest BCUT2D eigenvalue weighted by Gasteiger charge is -2.33. The Morgan fingerprint density at radius 2 is 1.60 bits per heavy atom. The summed E-state index contributed by atoms with van der Waals surface area (Å²) >= 11 is 3.47. The highest BCUT2D eigenvalue weighted by molar-refractivity contribution is 9.10. The second-order valence-electron chi connectivity index (χ2n) is 10.2. The predicted molar refractivity (Wildman–Crippen MR) is 164 cm³/mol. The highest BCUT2D eigenvalue weighted by atomic mass is 79.9. The summed E-state index contributed by atoms with van der Waals surface area (Å²) in [5.74, 6) is -0.777. The first-order chi connectivity index (χ1) is 18.8. The fourth-order valence-corrected chi connectivity index (χ4v) is 6.16. The second-order valence-corrected chi connectivity index (χ2v) is 13.0. The van der Waals surface area contributed by atoms with Crippen molar-refractivity contribution in [2.45, 2.75) is 71.5 Å². The van der Waals surface area contributed by atoms with Crippen molar-refractivity contribution >= 4 is 43.5 Å². The highest BCUT2D eigenvalue weighted by Crippen LogP contribution is 2.29. The largest absolute Gasteiger partial charge is 0.352 e. The topological polar surface area (TPSA) is 86.8 Å². The summed E-state index contributed by atoms with van der Waals surface area (Å²) in [5, 5.41) is 2.95. The fraction of sp³-hybridized carbons (Fsp3) is 0.355. The third-order valence-corrected chi connectivity index (χ3v) is 9.41. The van der Waals surface area contributed by atoms with Crippen molar-refractivity contribution in [3.05, 3.63) is 93.5 Å². The maximum atomic E-state index is 14.1. The number of aryl methyl sites for hydroxylation is 2. The fourth-order valence-electron chi connectivity index (χ4n) is 4.24. The molecule has 0 saturated carbocycles. The van der Waals surface area contributed by atoms with Crippen LogP contribution in [0.15, 0.2) is 76.1 Å². The Kier molecular flexibility index (Phi) is 10.6. The van der Waals surface area contributed by atoms with Crippen molar-refractivity contribution in [1.82, 2.24) is 10.2 Å². The molecular formula is C31H38BrN3O4S. The van der Waals surface area contributed by atoms with Crippen molar-refractivity contribution in [1.29, 1.82) is 0 Å². The number of carbonyl (C=O) groups is 2. The average molecular weight is 629 g/mol. The van der Waals surface area contributed by atoms with E-state index in [1.165, 1.54) is 4.90 Å². The number of amides is 2. The Morgan fingerprint density at radius 3 is 2.23 bits per heavy atom. The lowest BCUT2D eigenvalue weighted by atomic mass is 10.1. The van der Waals surface area contributed by atoms with Crippen molar-refractivity contribution in [2.75, 3.05) is 10.8 Å². The molecule has 7 nitrogen and oxygen atoms in total. The summed E-state index contributed by atoms with van der Waals surface area (Å²) in [4.78, 5) is 28.8. The molecule has 3 aromatic carbocycles. The van der Waals surface area contributed by atoms with E-state index >= 15 is 0 Å². The number of halogens is 1. The minimum absolute atomic E-state index is 0.0638. The molecule has 0 saturated heterocycles. The number of nitrogens with one attached hydrogen (secondary N) is 1. The van der Waals surface area contributed by atoms with Gasteiger partial charge >= 0.3 is 0 Å². The molecule has 0 spiro atoms. The van der Waals surface area contributed by atoms with Gasteiger partial charge in [-0.2, -0.15) is 0 Å². The van der Waals surface area contributed by atoms with Crippen molar-refractivity contribution in [3.8, 4) is 0 Å². The summed E-state index contributed by atoms with van der Waals surface area (Å²) in [7, 11) is -4.11. The van der Waals surface area contributed by atoms with Gasteiger partial charge < -0.3 is 10.2 Å². The van der Waals surface area contributed by atoms with Gasteiger partial charge in [-0.1, -0.05) is 64.8 Å². The smallest absolute Gasteiger partial charge is 0.264 e. The third kappa shape index (κ3) is 7.52. The van der Waals surface area contributed by atoms with E-state index in [0.717, 1.165) is 37.5 Å². The van der Waals surface area contributed by atoms with Crippen LogP contribution >= 0.6 is 15.9 Å². The molecule has 0 unspecified atom stereocenters. The van der Waals surface area contributed by atoms with Crippen molar-refractivity contribution in [2.24, 2.45) is 0 Å². The number of hydrogen-bond donors (Lipinski definition) is 1. The van der Waals surface area contributed by atoms with Crippen LogP contribution in [0.2, 0.25) is 0 Å². The highest BCUT2D eigenvalue weighted by Gasteiger charge is 2.33. The molecule has 3 aromatic rings. The lowest BCUT2D eigenvalue weighted by Crippen LogP contribution is -2.52. The number of anilines is 1. The van der Waals surface area contributed by atoms with Crippen LogP contribution in [0.5, 0.6) is 0 Å². The Bertz CT molecular complexity index is 1460. The van der Waals surface area contributed by atoms with Gasteiger partial charge in [0.1, 0.15) is 12.6 Å². The molecule has 3 rings (SSSR count). The Hall–Kier alpha value is -3.17. The minimum atomic E-state index is -4.11. The molecule has 0 aliphatic carbocycles. The van der Waals surface area contributed by atoms with Crippen LogP contribution in [-0.4, -0.2) is 43.8 Å². The Morgan fingerprint density at radius 1 is 0.950 bits per heavy atom. The number of rotatable bonds is 11. The standard InChI is InChI=1S/C31H38BrN3O4S/c1-7-23(4)33-31(37)25(6)34(19-26-11-9-12-27(32)18-26)30(36)20-35(29-13-8-10-22(3)24(29)5)40(38,39)28-16-14-21(2)15-17-28/h8-18,23,25H,7,19-20H2,1-6H3,(H,33,37)/t23-,25-/m1/s1. The van der Waals surface area contributed by atoms with Gasteiger partial charge in [0.05, 0.1) is 10.6 Å². The molecule has 0 aromatic heterocycles. The first-order valence-electron chi connectivity index (χ1n) is 13.3. The first kappa shape index (κ1) is 31.4. The molecular weight excluding hydrogens is 590 g/mol. The van der Waals surface area contributed by atoms with E-state index < -0.39 is 28.5 Å². The van der Waals surface area contributed by atoms with E-state index in [9.17, 15) is 18.0 Å². The quantitative estimate of drug-likeness (QED) is 0.287. The Balaban J connectivity index is 2.07. The number of nitrogens with zero attached hydrogens (tertiary/aromatic N) is 2. The number of sulfonamides is 1. The molecule has 9 heteroatoms. The van der Waals surface area contributed by atoms with Crippen LogP contribution in [-0.2, 0) is 26.2 Å². The Labute approximate surface area is 246 Å². The van der Waals surface area contributed by atoms with Crippen LogP contribution in [0.4, 0.5) is 5.69 Å². The molecule has 0 aliphatic rings. The monoisotopic (exact) mass is 627 g/mol. The number of benzene rings is 3. The van der Waals surface area contributed by atoms with Gasteiger partial charge in [-0.15, -0.1) is 0 Å². The van der Waals surface area contributed by atoms with E-state index in [1.54, 1.807) is 43.3 Å². The molecule has 0 heterocycles. The van der Waals surface area contributed by atoms with E-state index in [1.807, 2.05) is 65.0 Å². The SMILES string of the molecule is CC[C@@H](C)NC(=O)[C@@H](C)N(Cc1cccc(Br)c1)C(=O)CN(c1cccc(C)c1C)S(=O)(=O)c1ccc(C)cc1. The summed E-state index contributed by atoms with van der Waals surface area (Å²) in [6, 6.07) is 18.5. The van der Waals surface area contributed by atoms with E-state index in [2.05, 4.69) is 21.2 Å². The number of hydrogen-bond acceptors (Lipinski definition) is 4. The molecule has 0 fully saturated rings. The maximum Gasteiger partial charge on any atom is 0.264 e. The van der Waals surface area contributed by atoms with Gasteiger partial charge in [0.25, 0.3) is 10.0 Å². The molecule has 1 N–H and O–H groups in total. The van der Waals surface area contributed by atoms with Crippen LogP contribution in [0.1, 0.15) is 49.4 Å². The van der Waals surface area contributed by atoms with Gasteiger partial charge in [0, 0.05) is 17.1 Å². The lowest BCUT2D eigenvalue weighted by molar-refractivity contribution is -0.139. The van der Waals surface area contributed by atoms with Crippen LogP contribution < -0.4 is 9.62 Å². The van der Waals surface area contributed by atoms with E-state index in [4.69, 9.17) is 0 Å². The molecule has 214 valence electrons. The first-order valence-corrected chi connectivity index (χ1v) is 15.6. The zero-order valence-electron chi connectivity index (χ0n) is 23.9. The normalized spacial score (nSPS) is 12.9. The zero-order chi connectivity index (χ0) is 29.6. The van der Waals surface area contributed by atoms with Crippen molar-refractivity contribution in [3.63, 3.8) is 0 Å². The molecule has 40 heavy (non-hydrogen) atoms. The van der Waals surface area contributed by atoms with E-state index in [-0.39, 0.29) is 23.4 Å². The molecule has 2 atom stereocenters. The third-order valence-electron chi connectivity index (χ3n) is 7.14. The van der Waals surface area contributed by atoms with Gasteiger partial charge in [-0.05, 0) is 88.1 Å². The van der Waals surface area contributed by atoms with Crippen LogP contribution in [0.3, 0.4) is 0 Å². The number of carbonyl (C=O) groups excluding carboxylic acids is 2. The van der Waals surface area contributed by atoms with E-state index in [0.29, 0.717) is 5.69 Å². The second kappa shape index (κ2) is 13.5. The van der Waals surface area contributed by atoms with Gasteiger partial charge in [0.15, 0.2) is 0 Å². The molecule has 2 amide bonds. The van der Waals surface area contributed by atoms with Crippen LogP contribution in [0.25, 0.3) is 0 Å². The van der Waals surface area contributed by atoms with Gasteiger partial charge in [0.2, 0.25) is 11.8 Å². The maximum absolute atomic E-state index is 14.1. The summed E-state index contributed by atoms with van der Waals surface area (Å²) < 4.78 is 30.1. The van der Waals surface area contributed by atoms with Gasteiger partial charge in [-0.25, -0.2) is 8.42 Å². The summed E-state index contributed by atoms with van der Waals surface area (Å²) in [5.41, 5.74) is 3.82. The summed E-state index contributed by atoms with van der Waals surface area (Å²) in [6.45, 7) is 10.8. The molecule has 0 bridgehead atoms. The average Bonchev–Trinajstić information content (AvgIpc) is 2.91. The van der Waals surface area contributed by atoms with Crippen molar-refractivity contribution < 1.29 is 18.0 Å². The van der Waals surface area contributed by atoms with Crippen LogP contribution in [0, 0.1) is 20.8 Å². The van der Waals surface area contributed by atoms with Gasteiger partial charge in [-0.3, -0.25) is 13.9 Å². The summed E-state index contributed by atoms with van der Waals surface area (Å²) in [6.07, 6.45) is 0.743. The minimum Gasteiger partial charge on any atom is -0.352 e. The molecule has 0 radical (unpaired) electrons. The predicted octanol–water partition coefficient (Wildman–Crippen LogP) is 5.90. The molecule has 0 aliphatic heterocycles. The zero-order valence-corrected chi connectivity index (χ0v) is 26.3.